The standard InChI is InChI=1S/C24H25N5O3/c1-26-24-27-14-17-12-21(16-10-19(31-2)13-20(11-16)32-3)23(30)29(22(17)28-24)8-7-15-5-4-6-18(25)9-15/h4-6,9-14H,7-8,25H2,1-3H3,(H,26,27,28). The predicted octanol–water partition coefficient (Wildman–Crippen LogP) is 3.34. The van der Waals surface area contributed by atoms with Gasteiger partial charge < -0.3 is 20.5 Å². The number of aromatic nitrogens is 3. The molecule has 0 bridgehead atoms. The number of nitrogens with one attached hydrogen (secondary N) is 1. The van der Waals surface area contributed by atoms with Gasteiger partial charge in [0.25, 0.3) is 5.56 Å². The fraction of sp³-hybridized carbons (Fsp3) is 0.208. The lowest BCUT2D eigenvalue weighted by atomic mass is 10.0. The lowest BCUT2D eigenvalue weighted by molar-refractivity contribution is 0.394. The fourth-order valence-electron chi connectivity index (χ4n) is 3.65. The Kier molecular flexibility index (Phi) is 5.93. The number of rotatable bonds is 7. The van der Waals surface area contributed by atoms with E-state index < -0.39 is 0 Å². The van der Waals surface area contributed by atoms with Crippen LogP contribution in [0.4, 0.5) is 11.6 Å². The SMILES string of the molecule is CNc1ncc2cc(-c3cc(OC)cc(OC)c3)c(=O)n(CCc3cccc(N)c3)c2n1. The minimum absolute atomic E-state index is 0.155. The highest BCUT2D eigenvalue weighted by atomic mass is 16.5. The van der Waals surface area contributed by atoms with Crippen molar-refractivity contribution in [2.75, 3.05) is 32.3 Å². The van der Waals surface area contributed by atoms with E-state index in [1.54, 1.807) is 38.1 Å². The molecule has 8 nitrogen and oxygen atoms in total. The van der Waals surface area contributed by atoms with Gasteiger partial charge in [-0.3, -0.25) is 9.36 Å². The van der Waals surface area contributed by atoms with E-state index in [2.05, 4.69) is 15.3 Å². The average Bonchev–Trinajstić information content (AvgIpc) is 2.82. The van der Waals surface area contributed by atoms with Gasteiger partial charge in [-0.25, -0.2) is 4.98 Å². The summed E-state index contributed by atoms with van der Waals surface area (Å²) in [6.45, 7) is 0.438. The highest BCUT2D eigenvalue weighted by Gasteiger charge is 2.15. The lowest BCUT2D eigenvalue weighted by Gasteiger charge is -2.14. The largest absolute Gasteiger partial charge is 0.497 e. The van der Waals surface area contributed by atoms with Gasteiger partial charge in [-0.2, -0.15) is 4.98 Å². The molecule has 0 saturated carbocycles. The molecule has 2 heterocycles. The first-order chi connectivity index (χ1) is 15.5. The summed E-state index contributed by atoms with van der Waals surface area (Å²) in [7, 11) is 4.90. The minimum Gasteiger partial charge on any atom is -0.497 e. The topological polar surface area (TPSA) is 104 Å². The molecule has 2 aromatic carbocycles. The summed E-state index contributed by atoms with van der Waals surface area (Å²) in [5, 5.41) is 3.69. The molecule has 3 N–H and O–H groups in total. The molecule has 0 unspecified atom stereocenters. The zero-order valence-corrected chi connectivity index (χ0v) is 18.3. The van der Waals surface area contributed by atoms with Crippen molar-refractivity contribution in [3.63, 3.8) is 0 Å². The van der Waals surface area contributed by atoms with Crippen LogP contribution in [-0.4, -0.2) is 35.8 Å². The number of pyridine rings is 1. The van der Waals surface area contributed by atoms with Gasteiger partial charge in [0, 0.05) is 42.5 Å². The Labute approximate surface area is 185 Å². The van der Waals surface area contributed by atoms with Crippen LogP contribution in [0.1, 0.15) is 5.56 Å². The monoisotopic (exact) mass is 431 g/mol. The quantitative estimate of drug-likeness (QED) is 0.433. The van der Waals surface area contributed by atoms with E-state index in [0.717, 1.165) is 10.9 Å². The maximum atomic E-state index is 13.6. The van der Waals surface area contributed by atoms with Crippen LogP contribution in [0.5, 0.6) is 11.5 Å². The minimum atomic E-state index is -0.155. The summed E-state index contributed by atoms with van der Waals surface area (Å²) >= 11 is 0. The number of fused-ring (bicyclic) bond motifs is 1. The number of hydrogen-bond donors (Lipinski definition) is 2. The molecule has 0 radical (unpaired) electrons. The van der Waals surface area contributed by atoms with Crippen LogP contribution in [0.3, 0.4) is 0 Å². The van der Waals surface area contributed by atoms with E-state index in [1.165, 1.54) is 0 Å². The van der Waals surface area contributed by atoms with Crippen molar-refractivity contribution in [1.29, 1.82) is 0 Å². The van der Waals surface area contributed by atoms with E-state index in [-0.39, 0.29) is 5.56 Å². The van der Waals surface area contributed by atoms with Gasteiger partial charge in [-0.05, 0) is 47.9 Å². The van der Waals surface area contributed by atoms with Crippen molar-refractivity contribution in [3.8, 4) is 22.6 Å². The predicted molar refractivity (Wildman–Crippen MR) is 126 cm³/mol. The molecule has 8 heteroatoms. The van der Waals surface area contributed by atoms with Gasteiger partial charge in [0.05, 0.1) is 14.2 Å². The van der Waals surface area contributed by atoms with Gasteiger partial charge in [0.2, 0.25) is 5.95 Å². The molecule has 32 heavy (non-hydrogen) atoms. The van der Waals surface area contributed by atoms with Gasteiger partial charge in [0.15, 0.2) is 0 Å². The Morgan fingerprint density at radius 2 is 1.81 bits per heavy atom. The molecule has 0 amide bonds. The highest BCUT2D eigenvalue weighted by Crippen LogP contribution is 2.29. The Balaban J connectivity index is 1.88. The van der Waals surface area contributed by atoms with E-state index in [4.69, 9.17) is 15.2 Å². The van der Waals surface area contributed by atoms with E-state index in [1.807, 2.05) is 42.5 Å². The number of nitrogens with two attached hydrogens (primary N) is 1. The third-order valence-corrected chi connectivity index (χ3v) is 5.29. The lowest BCUT2D eigenvalue weighted by Crippen LogP contribution is -2.24. The Morgan fingerprint density at radius 1 is 1.06 bits per heavy atom. The number of methoxy groups -OCH3 is 2. The molecule has 0 fully saturated rings. The van der Waals surface area contributed by atoms with Crippen LogP contribution >= 0.6 is 0 Å². The van der Waals surface area contributed by atoms with Crippen molar-refractivity contribution >= 4 is 22.7 Å². The molecule has 0 aliphatic heterocycles. The molecule has 0 spiro atoms. The van der Waals surface area contributed by atoms with Gasteiger partial charge >= 0.3 is 0 Å². The maximum absolute atomic E-state index is 13.6. The summed E-state index contributed by atoms with van der Waals surface area (Å²) in [6, 6.07) is 14.9. The van der Waals surface area contributed by atoms with Crippen molar-refractivity contribution in [3.05, 3.63) is 70.6 Å². The van der Waals surface area contributed by atoms with Crippen molar-refractivity contribution in [2.45, 2.75) is 13.0 Å². The number of nitrogen functional groups attached to an aromatic ring is 1. The Bertz CT molecular complexity index is 1310. The zero-order chi connectivity index (χ0) is 22.7. The summed E-state index contributed by atoms with van der Waals surface area (Å²) in [5.74, 6) is 1.66. The van der Waals surface area contributed by atoms with Crippen LogP contribution in [0.25, 0.3) is 22.2 Å². The number of nitrogens with zero attached hydrogens (tertiary/aromatic N) is 3. The molecule has 4 rings (SSSR count). The molecule has 4 aromatic rings. The number of hydrogen-bond acceptors (Lipinski definition) is 7. The summed E-state index contributed by atoms with van der Waals surface area (Å²) in [5.41, 5.74) is 9.28. The molecular formula is C24H25N5O3. The van der Waals surface area contributed by atoms with Crippen molar-refractivity contribution < 1.29 is 9.47 Å². The fourth-order valence-corrected chi connectivity index (χ4v) is 3.65. The summed E-state index contributed by atoms with van der Waals surface area (Å²) < 4.78 is 12.5. The molecule has 0 saturated heterocycles. The molecule has 0 atom stereocenters. The van der Waals surface area contributed by atoms with Gasteiger partial charge in [0.1, 0.15) is 17.1 Å². The number of benzene rings is 2. The first kappa shape index (κ1) is 21.2. The number of aryl methyl sites for hydroxylation is 2. The van der Waals surface area contributed by atoms with Crippen LogP contribution in [0.2, 0.25) is 0 Å². The second-order valence-corrected chi connectivity index (χ2v) is 7.33. The highest BCUT2D eigenvalue weighted by molar-refractivity contribution is 5.82. The summed E-state index contributed by atoms with van der Waals surface area (Å²) in [4.78, 5) is 22.5. The van der Waals surface area contributed by atoms with E-state index in [0.29, 0.717) is 52.9 Å². The maximum Gasteiger partial charge on any atom is 0.260 e. The van der Waals surface area contributed by atoms with Crippen molar-refractivity contribution in [1.82, 2.24) is 14.5 Å². The normalized spacial score (nSPS) is 10.8. The van der Waals surface area contributed by atoms with Crippen LogP contribution in [-0.2, 0) is 13.0 Å². The second kappa shape index (κ2) is 8.97. The third-order valence-electron chi connectivity index (χ3n) is 5.29. The number of ether oxygens (including phenoxy) is 2. The van der Waals surface area contributed by atoms with Crippen LogP contribution < -0.4 is 26.1 Å². The second-order valence-electron chi connectivity index (χ2n) is 7.33. The zero-order valence-electron chi connectivity index (χ0n) is 18.3. The Morgan fingerprint density at radius 3 is 2.47 bits per heavy atom. The average molecular weight is 431 g/mol. The first-order valence-electron chi connectivity index (χ1n) is 10.2. The number of anilines is 2. The van der Waals surface area contributed by atoms with Gasteiger partial charge in [-0.15, -0.1) is 0 Å². The first-order valence-corrected chi connectivity index (χ1v) is 10.2. The molecule has 0 aliphatic rings. The van der Waals surface area contributed by atoms with Crippen LogP contribution in [0, 0.1) is 0 Å². The molecule has 0 aliphatic carbocycles. The van der Waals surface area contributed by atoms with Crippen molar-refractivity contribution in [2.24, 2.45) is 0 Å². The molecule has 2 aromatic heterocycles. The van der Waals surface area contributed by atoms with Crippen LogP contribution in [0.15, 0.2) is 59.5 Å². The van der Waals surface area contributed by atoms with E-state index >= 15 is 0 Å². The summed E-state index contributed by atoms with van der Waals surface area (Å²) in [6.07, 6.45) is 2.34. The molecule has 164 valence electrons. The third kappa shape index (κ3) is 4.20. The van der Waals surface area contributed by atoms with E-state index in [9.17, 15) is 4.79 Å². The molecular weight excluding hydrogens is 406 g/mol. The van der Waals surface area contributed by atoms with Gasteiger partial charge in [-0.1, -0.05) is 12.1 Å². The smallest absolute Gasteiger partial charge is 0.260 e. The Hall–Kier alpha value is -4.07.